The number of halogens is 2. The fraction of sp³-hybridized carbons (Fsp3) is 0.176. The molecule has 7 heteroatoms. The van der Waals surface area contributed by atoms with Crippen LogP contribution in [-0.4, -0.2) is 25.0 Å². The molecule has 24 heavy (non-hydrogen) atoms. The van der Waals surface area contributed by atoms with Gasteiger partial charge in [-0.25, -0.2) is 13.6 Å². The molecule has 0 atom stereocenters. The Balaban J connectivity index is 1.77. The molecule has 2 aromatic rings. The zero-order valence-corrected chi connectivity index (χ0v) is 12.8. The highest BCUT2D eigenvalue weighted by atomic mass is 19.1. The number of ether oxygens (including phenoxy) is 1. The first-order chi connectivity index (χ1) is 11.4. The number of nitrogens with one attached hydrogen (secondary N) is 1. The van der Waals surface area contributed by atoms with Crippen molar-refractivity contribution in [3.8, 4) is 5.75 Å². The van der Waals surface area contributed by atoms with Crippen molar-refractivity contribution in [2.75, 3.05) is 23.3 Å². The van der Waals surface area contributed by atoms with E-state index in [2.05, 4.69) is 5.32 Å². The number of hydrogen-bond donors (Lipinski definition) is 1. The summed E-state index contributed by atoms with van der Waals surface area (Å²) in [6.45, 7) is 1.56. The molecule has 0 saturated carbocycles. The minimum absolute atomic E-state index is 0.102. The summed E-state index contributed by atoms with van der Waals surface area (Å²) < 4.78 is 31.9. The first-order valence-corrected chi connectivity index (χ1v) is 7.23. The van der Waals surface area contributed by atoms with Crippen LogP contribution in [0.5, 0.6) is 5.75 Å². The van der Waals surface area contributed by atoms with Gasteiger partial charge in [0.15, 0.2) is 5.75 Å². The Morgan fingerprint density at radius 2 is 2.04 bits per heavy atom. The van der Waals surface area contributed by atoms with E-state index in [0.717, 1.165) is 23.8 Å². The van der Waals surface area contributed by atoms with Crippen molar-refractivity contribution >= 4 is 23.3 Å². The van der Waals surface area contributed by atoms with E-state index in [-0.39, 0.29) is 18.8 Å². The van der Waals surface area contributed by atoms with Crippen LogP contribution in [0.15, 0.2) is 36.4 Å². The molecule has 1 aliphatic rings. The SMILES string of the molecule is Cc1ccc2c(c1)OC(=O)CN2CC(=O)Nc1cc(F)ccc1F. The summed E-state index contributed by atoms with van der Waals surface area (Å²) in [6.07, 6.45) is 0. The maximum atomic E-state index is 13.6. The van der Waals surface area contributed by atoms with Crippen molar-refractivity contribution in [3.63, 3.8) is 0 Å². The Morgan fingerprint density at radius 3 is 2.83 bits per heavy atom. The van der Waals surface area contributed by atoms with Crippen molar-refractivity contribution in [3.05, 3.63) is 53.6 Å². The van der Waals surface area contributed by atoms with Crippen LogP contribution >= 0.6 is 0 Å². The molecule has 124 valence electrons. The number of carbonyl (C=O) groups excluding carboxylic acids is 2. The maximum absolute atomic E-state index is 13.6. The minimum Gasteiger partial charge on any atom is -0.423 e. The van der Waals surface area contributed by atoms with Crippen molar-refractivity contribution in [2.45, 2.75) is 6.92 Å². The molecule has 2 aromatic carbocycles. The second kappa shape index (κ2) is 6.27. The number of aryl methyl sites for hydroxylation is 1. The van der Waals surface area contributed by atoms with Gasteiger partial charge in [0.05, 0.1) is 17.9 Å². The van der Waals surface area contributed by atoms with Crippen LogP contribution in [0.4, 0.5) is 20.2 Å². The van der Waals surface area contributed by atoms with Crippen molar-refractivity contribution in [1.82, 2.24) is 0 Å². The molecule has 0 fully saturated rings. The number of esters is 1. The first-order valence-electron chi connectivity index (χ1n) is 7.23. The van der Waals surface area contributed by atoms with Crippen LogP contribution in [0.25, 0.3) is 0 Å². The van der Waals surface area contributed by atoms with E-state index in [4.69, 9.17) is 4.74 Å². The molecule has 0 aliphatic carbocycles. The standard InChI is InChI=1S/C17H14F2N2O3/c1-10-2-5-14-15(6-10)24-17(23)9-21(14)8-16(22)20-13-7-11(18)3-4-12(13)19/h2-7H,8-9H2,1H3,(H,20,22). The van der Waals surface area contributed by atoms with Gasteiger partial charge in [-0.05, 0) is 36.8 Å². The number of fused-ring (bicyclic) bond motifs is 1. The lowest BCUT2D eigenvalue weighted by Crippen LogP contribution is -2.41. The van der Waals surface area contributed by atoms with Crippen molar-refractivity contribution in [2.24, 2.45) is 0 Å². The third-order valence-electron chi connectivity index (χ3n) is 3.54. The second-order valence-electron chi connectivity index (χ2n) is 5.47. The average Bonchev–Trinajstić information content (AvgIpc) is 2.50. The zero-order valence-electron chi connectivity index (χ0n) is 12.8. The highest BCUT2D eigenvalue weighted by molar-refractivity contribution is 5.96. The number of hydrogen-bond acceptors (Lipinski definition) is 4. The van der Waals surface area contributed by atoms with E-state index >= 15 is 0 Å². The molecule has 1 heterocycles. The van der Waals surface area contributed by atoms with Gasteiger partial charge in [0.2, 0.25) is 5.91 Å². The lowest BCUT2D eigenvalue weighted by Gasteiger charge is -2.29. The number of nitrogens with zero attached hydrogens (tertiary/aromatic N) is 1. The van der Waals surface area contributed by atoms with E-state index in [9.17, 15) is 18.4 Å². The van der Waals surface area contributed by atoms with Gasteiger partial charge in [-0.15, -0.1) is 0 Å². The number of amides is 1. The van der Waals surface area contributed by atoms with Crippen LogP contribution in [0.1, 0.15) is 5.56 Å². The van der Waals surface area contributed by atoms with Gasteiger partial charge in [-0.3, -0.25) is 4.79 Å². The molecule has 1 aliphatic heterocycles. The molecule has 0 radical (unpaired) electrons. The Morgan fingerprint density at radius 1 is 1.25 bits per heavy atom. The molecular weight excluding hydrogens is 318 g/mol. The Hall–Kier alpha value is -2.96. The Bertz CT molecular complexity index is 823. The van der Waals surface area contributed by atoms with Gasteiger partial charge in [0, 0.05) is 6.07 Å². The predicted octanol–water partition coefficient (Wildman–Crippen LogP) is 2.64. The van der Waals surface area contributed by atoms with Crippen LogP contribution in [-0.2, 0) is 9.59 Å². The van der Waals surface area contributed by atoms with Gasteiger partial charge >= 0.3 is 5.97 Å². The highest BCUT2D eigenvalue weighted by Crippen LogP contribution is 2.32. The largest absolute Gasteiger partial charge is 0.423 e. The van der Waals surface area contributed by atoms with E-state index in [0.29, 0.717) is 11.4 Å². The van der Waals surface area contributed by atoms with Gasteiger partial charge in [-0.2, -0.15) is 0 Å². The number of carbonyl (C=O) groups is 2. The van der Waals surface area contributed by atoms with E-state index in [1.165, 1.54) is 4.90 Å². The van der Waals surface area contributed by atoms with Crippen molar-refractivity contribution in [1.29, 1.82) is 0 Å². The molecule has 0 saturated heterocycles. The summed E-state index contributed by atoms with van der Waals surface area (Å²) in [5.74, 6) is -2.08. The monoisotopic (exact) mass is 332 g/mol. The van der Waals surface area contributed by atoms with Crippen LogP contribution < -0.4 is 15.0 Å². The van der Waals surface area contributed by atoms with Gasteiger partial charge < -0.3 is 15.0 Å². The van der Waals surface area contributed by atoms with Crippen molar-refractivity contribution < 1.29 is 23.1 Å². The highest BCUT2D eigenvalue weighted by Gasteiger charge is 2.26. The van der Waals surface area contributed by atoms with Gasteiger partial charge in [0.25, 0.3) is 0 Å². The van der Waals surface area contributed by atoms with Crippen LogP contribution in [0.2, 0.25) is 0 Å². The first kappa shape index (κ1) is 15.9. The summed E-state index contributed by atoms with van der Waals surface area (Å²) in [5.41, 5.74) is 1.26. The number of benzene rings is 2. The Labute approximate surface area is 136 Å². The molecule has 1 N–H and O–H groups in total. The smallest absolute Gasteiger partial charge is 0.331 e. The summed E-state index contributed by atoms with van der Waals surface area (Å²) in [4.78, 5) is 25.3. The summed E-state index contributed by atoms with van der Waals surface area (Å²) in [6, 6.07) is 8.06. The third kappa shape index (κ3) is 3.34. The average molecular weight is 332 g/mol. The molecular formula is C17H14F2N2O3. The number of anilines is 2. The summed E-state index contributed by atoms with van der Waals surface area (Å²) in [7, 11) is 0. The lowest BCUT2D eigenvalue weighted by molar-refractivity contribution is -0.133. The van der Waals surface area contributed by atoms with E-state index in [1.807, 2.05) is 13.0 Å². The molecule has 1 amide bonds. The lowest BCUT2D eigenvalue weighted by atomic mass is 10.1. The Kier molecular flexibility index (Phi) is 4.16. The molecule has 0 aromatic heterocycles. The maximum Gasteiger partial charge on any atom is 0.331 e. The van der Waals surface area contributed by atoms with Gasteiger partial charge in [-0.1, -0.05) is 6.07 Å². The fourth-order valence-electron chi connectivity index (χ4n) is 2.46. The molecule has 0 spiro atoms. The number of rotatable bonds is 3. The zero-order chi connectivity index (χ0) is 17.3. The third-order valence-corrected chi connectivity index (χ3v) is 3.54. The fourth-order valence-corrected chi connectivity index (χ4v) is 2.46. The second-order valence-corrected chi connectivity index (χ2v) is 5.47. The molecule has 0 unspecified atom stereocenters. The summed E-state index contributed by atoms with van der Waals surface area (Å²) >= 11 is 0. The topological polar surface area (TPSA) is 58.6 Å². The molecule has 5 nitrogen and oxygen atoms in total. The summed E-state index contributed by atoms with van der Waals surface area (Å²) in [5, 5.41) is 2.31. The van der Waals surface area contributed by atoms with Crippen LogP contribution in [0, 0.1) is 18.6 Å². The molecule has 0 bridgehead atoms. The molecule has 3 rings (SSSR count). The van der Waals surface area contributed by atoms with Gasteiger partial charge in [0.1, 0.15) is 18.2 Å². The quantitative estimate of drug-likeness (QED) is 0.693. The predicted molar refractivity (Wildman–Crippen MR) is 84.0 cm³/mol. The van der Waals surface area contributed by atoms with E-state index in [1.54, 1.807) is 12.1 Å². The van der Waals surface area contributed by atoms with Crippen LogP contribution in [0.3, 0.4) is 0 Å². The minimum atomic E-state index is -0.737. The van der Waals surface area contributed by atoms with E-state index < -0.39 is 23.5 Å². The normalized spacial score (nSPS) is 13.3.